The molecule has 0 fully saturated rings. The lowest BCUT2D eigenvalue weighted by Crippen LogP contribution is -1.73. The van der Waals surface area contributed by atoms with Gasteiger partial charge in [-0.1, -0.05) is 0 Å². The second-order valence-electron chi connectivity index (χ2n) is 1.61. The smallest absolute Gasteiger partial charge is 0.145 e. The monoisotopic (exact) mass is 327 g/mol. The minimum atomic E-state index is 0.186. The second kappa shape index (κ2) is 3.24. The fourth-order valence-electron chi connectivity index (χ4n) is 0.467. The first-order valence-corrected chi connectivity index (χ1v) is 4.75. The zero-order valence-electron chi connectivity index (χ0n) is 4.66. The molecule has 0 saturated carbocycles. The van der Waals surface area contributed by atoms with Gasteiger partial charge in [0.2, 0.25) is 0 Å². The standard InChI is InChI=1S/C6H2Br3O/c7-3-1-2-4(8)6(10)5(3)9/h2,10H. The molecule has 0 saturated heterocycles. The van der Waals surface area contributed by atoms with Gasteiger partial charge < -0.3 is 5.11 Å². The van der Waals surface area contributed by atoms with Crippen LogP contribution in [0.5, 0.6) is 5.75 Å². The van der Waals surface area contributed by atoms with Crippen molar-refractivity contribution >= 4 is 47.8 Å². The minimum Gasteiger partial charge on any atom is -0.506 e. The summed E-state index contributed by atoms with van der Waals surface area (Å²) in [5, 5.41) is 9.24. The first-order valence-electron chi connectivity index (χ1n) is 2.37. The van der Waals surface area contributed by atoms with E-state index >= 15 is 0 Å². The number of aromatic hydroxyl groups is 1. The Morgan fingerprint density at radius 1 is 1.30 bits per heavy atom. The number of halogens is 3. The van der Waals surface area contributed by atoms with Crippen molar-refractivity contribution in [3.63, 3.8) is 0 Å². The second-order valence-corrected chi connectivity index (χ2v) is 4.05. The Labute approximate surface area is 83.8 Å². The maximum Gasteiger partial charge on any atom is 0.145 e. The molecule has 0 atom stereocenters. The molecule has 1 aromatic carbocycles. The minimum absolute atomic E-state index is 0.186. The summed E-state index contributed by atoms with van der Waals surface area (Å²) >= 11 is 9.52. The normalized spacial score (nSPS) is 9.90. The summed E-state index contributed by atoms with van der Waals surface area (Å²) < 4.78 is 1.96. The summed E-state index contributed by atoms with van der Waals surface area (Å²) in [7, 11) is 0. The van der Waals surface area contributed by atoms with E-state index in [1.807, 2.05) is 0 Å². The van der Waals surface area contributed by atoms with Crippen molar-refractivity contribution in [1.29, 1.82) is 0 Å². The highest BCUT2D eigenvalue weighted by Crippen LogP contribution is 2.36. The van der Waals surface area contributed by atoms with Gasteiger partial charge in [-0.15, -0.1) is 0 Å². The number of hydrogen-bond acceptors (Lipinski definition) is 1. The molecular formula is C6H2Br3O. The molecule has 53 valence electrons. The molecule has 0 bridgehead atoms. The van der Waals surface area contributed by atoms with Crippen LogP contribution >= 0.6 is 47.8 Å². The molecule has 0 unspecified atom stereocenters. The Morgan fingerprint density at radius 2 is 1.90 bits per heavy atom. The van der Waals surface area contributed by atoms with E-state index < -0.39 is 0 Å². The van der Waals surface area contributed by atoms with E-state index in [2.05, 4.69) is 53.9 Å². The molecular weight excluding hydrogens is 328 g/mol. The maximum atomic E-state index is 9.24. The summed E-state index contributed by atoms with van der Waals surface area (Å²) in [6.45, 7) is 0. The van der Waals surface area contributed by atoms with Crippen molar-refractivity contribution in [2.24, 2.45) is 0 Å². The van der Waals surface area contributed by atoms with E-state index in [4.69, 9.17) is 0 Å². The number of phenolic OH excluding ortho intramolecular Hbond substituents is 1. The SMILES string of the molecule is Oc1c(Br)c[c]c(Br)c1Br. The average Bonchev–Trinajstić information content (AvgIpc) is 1.93. The quantitative estimate of drug-likeness (QED) is 0.723. The maximum absolute atomic E-state index is 9.24. The highest BCUT2D eigenvalue weighted by atomic mass is 79.9. The van der Waals surface area contributed by atoms with Gasteiger partial charge in [-0.2, -0.15) is 0 Å². The third-order valence-corrected chi connectivity index (χ3v) is 3.49. The molecule has 0 heterocycles. The summed E-state index contributed by atoms with van der Waals surface area (Å²) in [5.74, 6) is 0.186. The lowest BCUT2D eigenvalue weighted by atomic mass is 10.3. The highest BCUT2D eigenvalue weighted by molar-refractivity contribution is 9.13. The van der Waals surface area contributed by atoms with Gasteiger partial charge in [0.1, 0.15) is 5.75 Å². The van der Waals surface area contributed by atoms with Crippen molar-refractivity contribution in [1.82, 2.24) is 0 Å². The number of phenols is 1. The number of benzene rings is 1. The van der Waals surface area contributed by atoms with Gasteiger partial charge in [0.05, 0.1) is 8.95 Å². The highest BCUT2D eigenvalue weighted by Gasteiger charge is 2.05. The molecule has 0 aliphatic rings. The number of rotatable bonds is 0. The van der Waals surface area contributed by atoms with Gasteiger partial charge in [0.15, 0.2) is 0 Å². The first kappa shape index (κ1) is 8.56. The molecule has 10 heavy (non-hydrogen) atoms. The zero-order valence-corrected chi connectivity index (χ0v) is 9.42. The van der Waals surface area contributed by atoms with E-state index in [9.17, 15) is 5.11 Å². The van der Waals surface area contributed by atoms with Crippen molar-refractivity contribution in [2.45, 2.75) is 0 Å². The number of hydrogen-bond donors (Lipinski definition) is 1. The topological polar surface area (TPSA) is 20.2 Å². The fraction of sp³-hybridized carbons (Fsp3) is 0. The van der Waals surface area contributed by atoms with Crippen molar-refractivity contribution < 1.29 is 5.11 Å². The van der Waals surface area contributed by atoms with Gasteiger partial charge in [0, 0.05) is 4.47 Å². The van der Waals surface area contributed by atoms with Gasteiger partial charge >= 0.3 is 0 Å². The van der Waals surface area contributed by atoms with Crippen LogP contribution in [0.4, 0.5) is 0 Å². The molecule has 0 aliphatic carbocycles. The van der Waals surface area contributed by atoms with Crippen LogP contribution in [0.25, 0.3) is 0 Å². The van der Waals surface area contributed by atoms with E-state index in [-0.39, 0.29) is 5.75 Å². The summed E-state index contributed by atoms with van der Waals surface area (Å²) in [5.41, 5.74) is 0. The van der Waals surface area contributed by atoms with Crippen LogP contribution in [-0.2, 0) is 0 Å². The van der Waals surface area contributed by atoms with E-state index in [1.165, 1.54) is 0 Å². The Bertz CT molecular complexity index is 232. The molecule has 1 nitrogen and oxygen atoms in total. The van der Waals surface area contributed by atoms with E-state index in [0.717, 1.165) is 0 Å². The van der Waals surface area contributed by atoms with Crippen LogP contribution in [0.3, 0.4) is 0 Å². The molecule has 0 amide bonds. The molecule has 0 spiro atoms. The van der Waals surface area contributed by atoms with Crippen LogP contribution in [0.15, 0.2) is 19.5 Å². The average molecular weight is 330 g/mol. The molecule has 0 aliphatic heterocycles. The Balaban J connectivity index is 3.34. The summed E-state index contributed by atoms with van der Waals surface area (Å²) in [4.78, 5) is 0. The van der Waals surface area contributed by atoms with Gasteiger partial charge in [-0.25, -0.2) is 0 Å². The Kier molecular flexibility index (Phi) is 2.77. The predicted molar refractivity (Wildman–Crippen MR) is 50.0 cm³/mol. The fourth-order valence-corrected chi connectivity index (χ4v) is 1.68. The Morgan fingerprint density at radius 3 is 2.40 bits per heavy atom. The predicted octanol–water partition coefficient (Wildman–Crippen LogP) is 3.48. The largest absolute Gasteiger partial charge is 0.506 e. The molecule has 1 N–H and O–H groups in total. The third-order valence-electron chi connectivity index (χ3n) is 0.952. The van der Waals surface area contributed by atoms with Crippen LogP contribution < -0.4 is 0 Å². The molecule has 1 rings (SSSR count). The van der Waals surface area contributed by atoms with Gasteiger partial charge in [0.25, 0.3) is 0 Å². The molecule has 1 aromatic rings. The molecule has 4 heteroatoms. The van der Waals surface area contributed by atoms with Crippen molar-refractivity contribution in [3.05, 3.63) is 25.6 Å². The van der Waals surface area contributed by atoms with E-state index in [0.29, 0.717) is 13.4 Å². The van der Waals surface area contributed by atoms with Gasteiger partial charge in [-0.05, 0) is 59.9 Å². The van der Waals surface area contributed by atoms with Crippen LogP contribution in [0.2, 0.25) is 0 Å². The van der Waals surface area contributed by atoms with Crippen molar-refractivity contribution in [2.75, 3.05) is 0 Å². The van der Waals surface area contributed by atoms with Crippen molar-refractivity contribution in [3.8, 4) is 5.75 Å². The first-order chi connectivity index (χ1) is 4.63. The van der Waals surface area contributed by atoms with Crippen LogP contribution in [-0.4, -0.2) is 5.11 Å². The van der Waals surface area contributed by atoms with E-state index in [1.54, 1.807) is 6.07 Å². The lowest BCUT2D eigenvalue weighted by molar-refractivity contribution is 0.468. The molecule has 0 aromatic heterocycles. The zero-order chi connectivity index (χ0) is 7.72. The third kappa shape index (κ3) is 1.54. The van der Waals surface area contributed by atoms with Crippen LogP contribution in [0, 0.1) is 6.07 Å². The lowest BCUT2D eigenvalue weighted by Gasteiger charge is -1.99. The molecule has 1 radical (unpaired) electrons. The van der Waals surface area contributed by atoms with Gasteiger partial charge in [-0.3, -0.25) is 0 Å². The van der Waals surface area contributed by atoms with Crippen LogP contribution in [0.1, 0.15) is 0 Å². The summed E-state index contributed by atoms with van der Waals surface area (Å²) in [6.07, 6.45) is 0. The Hall–Kier alpha value is 0.460. The summed E-state index contributed by atoms with van der Waals surface area (Å²) in [6, 6.07) is 4.51.